The van der Waals surface area contributed by atoms with Gasteiger partial charge in [0.15, 0.2) is 23.0 Å². The number of ether oxygens (including phenoxy) is 2. The molecule has 8 heteroatoms. The van der Waals surface area contributed by atoms with Gasteiger partial charge in [0.25, 0.3) is 0 Å². The molecule has 0 unspecified atom stereocenters. The average Bonchev–Trinajstić information content (AvgIpc) is 3.28. The minimum absolute atomic E-state index is 0.327. The number of aromatic nitrogens is 4. The van der Waals surface area contributed by atoms with Crippen LogP contribution in [0.15, 0.2) is 30.3 Å². The van der Waals surface area contributed by atoms with Gasteiger partial charge in [0.1, 0.15) is 12.4 Å². The number of aryl methyl sites for hydroxylation is 1. The number of fused-ring (bicyclic) bond motifs is 2. The lowest BCUT2D eigenvalue weighted by Gasteiger charge is -2.32. The first kappa shape index (κ1) is 15.4. The van der Waals surface area contributed by atoms with Crippen LogP contribution >= 0.6 is 0 Å². The fraction of sp³-hybridized carbons (Fsp3) is 0.389. The highest BCUT2D eigenvalue weighted by Gasteiger charge is 2.23. The molecule has 0 atom stereocenters. The summed E-state index contributed by atoms with van der Waals surface area (Å²) in [6.45, 7) is 7.38. The fourth-order valence-corrected chi connectivity index (χ4v) is 3.62. The Labute approximate surface area is 150 Å². The van der Waals surface area contributed by atoms with Crippen LogP contribution in [-0.4, -0.2) is 52.8 Å². The molecule has 0 saturated carbocycles. The summed E-state index contributed by atoms with van der Waals surface area (Å²) >= 11 is 0. The number of benzene rings is 1. The van der Waals surface area contributed by atoms with Crippen LogP contribution in [0.25, 0.3) is 5.65 Å². The Morgan fingerprint density at radius 2 is 1.88 bits per heavy atom. The van der Waals surface area contributed by atoms with E-state index in [1.54, 1.807) is 9.42 Å². The molecule has 1 N–H and O–H groups in total. The normalized spacial score (nSPS) is 17.2. The van der Waals surface area contributed by atoms with Crippen molar-refractivity contribution >= 4 is 11.5 Å². The summed E-state index contributed by atoms with van der Waals surface area (Å²) in [7, 11) is 0. The largest absolute Gasteiger partial charge is 0.454 e. The first-order chi connectivity index (χ1) is 12.8. The lowest BCUT2D eigenvalue weighted by atomic mass is 10.1. The first-order valence-corrected chi connectivity index (χ1v) is 8.92. The van der Waals surface area contributed by atoms with Crippen molar-refractivity contribution < 1.29 is 14.4 Å². The van der Waals surface area contributed by atoms with E-state index in [0.29, 0.717) is 6.79 Å². The van der Waals surface area contributed by atoms with Crippen LogP contribution in [0.3, 0.4) is 0 Å². The molecule has 3 aromatic rings. The zero-order chi connectivity index (χ0) is 17.5. The highest BCUT2D eigenvalue weighted by molar-refractivity contribution is 5.46. The number of nitrogens with one attached hydrogen (secondary N) is 1. The van der Waals surface area contributed by atoms with Gasteiger partial charge in [-0.1, -0.05) is 0 Å². The molecule has 4 heterocycles. The summed E-state index contributed by atoms with van der Waals surface area (Å²) in [6, 6.07) is 10.3. The molecule has 134 valence electrons. The third-order valence-corrected chi connectivity index (χ3v) is 5.09. The Bertz CT molecular complexity index is 948. The molecule has 0 amide bonds. The molecule has 1 fully saturated rings. The van der Waals surface area contributed by atoms with Gasteiger partial charge in [-0.05, 0) is 37.3 Å². The smallest absolute Gasteiger partial charge is 0.231 e. The van der Waals surface area contributed by atoms with Crippen LogP contribution in [0.4, 0.5) is 5.82 Å². The highest BCUT2D eigenvalue weighted by Crippen LogP contribution is 2.32. The Kier molecular flexibility index (Phi) is 3.63. The van der Waals surface area contributed by atoms with Crippen molar-refractivity contribution in [3.8, 4) is 11.5 Å². The van der Waals surface area contributed by atoms with Gasteiger partial charge in [0.05, 0.1) is 26.2 Å². The summed E-state index contributed by atoms with van der Waals surface area (Å²) in [5.41, 5.74) is 2.08. The molecular formula is C18H21N6O2+. The first-order valence-electron chi connectivity index (χ1n) is 8.92. The van der Waals surface area contributed by atoms with E-state index >= 15 is 0 Å². The van der Waals surface area contributed by atoms with E-state index in [2.05, 4.69) is 32.3 Å². The number of anilines is 1. The van der Waals surface area contributed by atoms with E-state index in [1.165, 1.54) is 5.56 Å². The number of piperazine rings is 1. The minimum atomic E-state index is 0.327. The summed E-state index contributed by atoms with van der Waals surface area (Å²) < 4.78 is 12.7. The number of hydrogen-bond acceptors (Lipinski definition) is 6. The quantitative estimate of drug-likeness (QED) is 0.719. The molecule has 0 radical (unpaired) electrons. The Hall–Kier alpha value is -2.87. The predicted octanol–water partition coefficient (Wildman–Crippen LogP) is 0.0665. The van der Waals surface area contributed by atoms with Gasteiger partial charge in [-0.15, -0.1) is 15.3 Å². The zero-order valence-corrected chi connectivity index (χ0v) is 14.7. The number of rotatable bonds is 3. The Morgan fingerprint density at radius 1 is 1.04 bits per heavy atom. The molecule has 8 nitrogen and oxygen atoms in total. The molecule has 0 bridgehead atoms. The Morgan fingerprint density at radius 3 is 2.77 bits per heavy atom. The number of nitrogens with zero attached hydrogens (tertiary/aromatic N) is 5. The maximum absolute atomic E-state index is 5.48. The topological polar surface area (TPSA) is 69.2 Å². The van der Waals surface area contributed by atoms with Crippen LogP contribution < -0.4 is 19.3 Å². The van der Waals surface area contributed by atoms with Gasteiger partial charge < -0.3 is 19.3 Å². The third kappa shape index (κ3) is 2.72. The lowest BCUT2D eigenvalue weighted by Crippen LogP contribution is -3.13. The monoisotopic (exact) mass is 353 g/mol. The van der Waals surface area contributed by atoms with Crippen LogP contribution in [0, 0.1) is 6.92 Å². The standard InChI is InChI=1S/C18H20N6O2/c1-13-19-20-17-4-5-18(21-24(13)17)23-8-6-22(7-9-23)11-14-2-3-15-16(10-14)26-12-25-15/h2-5,10H,6-9,11-12H2,1H3/p+1. The fourth-order valence-electron chi connectivity index (χ4n) is 3.62. The van der Waals surface area contributed by atoms with E-state index in [9.17, 15) is 0 Å². The van der Waals surface area contributed by atoms with E-state index < -0.39 is 0 Å². The average molecular weight is 353 g/mol. The van der Waals surface area contributed by atoms with Gasteiger partial charge in [-0.25, -0.2) is 0 Å². The summed E-state index contributed by atoms with van der Waals surface area (Å²) in [5, 5.41) is 12.9. The van der Waals surface area contributed by atoms with Gasteiger partial charge in [0, 0.05) is 5.56 Å². The zero-order valence-electron chi connectivity index (χ0n) is 14.7. The molecule has 0 aliphatic carbocycles. The number of quaternary nitrogens is 1. The van der Waals surface area contributed by atoms with Gasteiger partial charge in [-0.2, -0.15) is 4.52 Å². The van der Waals surface area contributed by atoms with Crippen molar-refractivity contribution in [1.82, 2.24) is 19.8 Å². The van der Waals surface area contributed by atoms with Crippen LogP contribution in [0.5, 0.6) is 11.5 Å². The van der Waals surface area contributed by atoms with Crippen LogP contribution in [-0.2, 0) is 6.54 Å². The summed E-state index contributed by atoms with van der Waals surface area (Å²) in [5.74, 6) is 3.51. The second-order valence-corrected chi connectivity index (χ2v) is 6.81. The molecule has 1 saturated heterocycles. The van der Waals surface area contributed by atoms with Crippen molar-refractivity contribution in [3.63, 3.8) is 0 Å². The van der Waals surface area contributed by atoms with E-state index in [-0.39, 0.29) is 0 Å². The molecule has 26 heavy (non-hydrogen) atoms. The van der Waals surface area contributed by atoms with E-state index in [4.69, 9.17) is 9.47 Å². The van der Waals surface area contributed by atoms with Crippen molar-refractivity contribution in [3.05, 3.63) is 41.7 Å². The molecule has 2 aliphatic rings. The Balaban J connectivity index is 1.24. The van der Waals surface area contributed by atoms with Gasteiger partial charge in [0.2, 0.25) is 6.79 Å². The van der Waals surface area contributed by atoms with Crippen LogP contribution in [0.1, 0.15) is 11.4 Å². The minimum Gasteiger partial charge on any atom is -0.454 e. The SMILES string of the molecule is Cc1nnc2ccc(N3CC[NH+](Cc4ccc5c(c4)OCO5)CC3)nn12. The maximum Gasteiger partial charge on any atom is 0.231 e. The van der Waals surface area contributed by atoms with Crippen molar-refractivity contribution in [2.24, 2.45) is 0 Å². The van der Waals surface area contributed by atoms with E-state index in [0.717, 1.165) is 61.5 Å². The highest BCUT2D eigenvalue weighted by atomic mass is 16.7. The van der Waals surface area contributed by atoms with Crippen molar-refractivity contribution in [2.75, 3.05) is 37.9 Å². The number of hydrogen-bond donors (Lipinski definition) is 1. The van der Waals surface area contributed by atoms with Crippen LogP contribution in [0.2, 0.25) is 0 Å². The van der Waals surface area contributed by atoms with Crippen molar-refractivity contribution in [2.45, 2.75) is 13.5 Å². The second-order valence-electron chi connectivity index (χ2n) is 6.81. The molecule has 0 spiro atoms. The second kappa shape index (κ2) is 6.14. The van der Waals surface area contributed by atoms with Gasteiger partial charge in [-0.3, -0.25) is 0 Å². The molecule has 2 aromatic heterocycles. The molecule has 2 aliphatic heterocycles. The molecular weight excluding hydrogens is 332 g/mol. The lowest BCUT2D eigenvalue weighted by molar-refractivity contribution is -0.914. The maximum atomic E-state index is 5.48. The summed E-state index contributed by atoms with van der Waals surface area (Å²) in [6.07, 6.45) is 0. The van der Waals surface area contributed by atoms with E-state index in [1.807, 2.05) is 25.1 Å². The molecule has 5 rings (SSSR count). The molecule has 1 aromatic carbocycles. The van der Waals surface area contributed by atoms with Crippen molar-refractivity contribution in [1.29, 1.82) is 0 Å². The summed E-state index contributed by atoms with van der Waals surface area (Å²) in [4.78, 5) is 3.91. The predicted molar refractivity (Wildman–Crippen MR) is 94.7 cm³/mol. The van der Waals surface area contributed by atoms with Gasteiger partial charge >= 0.3 is 0 Å². The third-order valence-electron chi connectivity index (χ3n) is 5.09.